The summed E-state index contributed by atoms with van der Waals surface area (Å²) in [6.07, 6.45) is 2.07. The summed E-state index contributed by atoms with van der Waals surface area (Å²) in [7, 11) is 0. The summed E-state index contributed by atoms with van der Waals surface area (Å²) in [5.41, 5.74) is 0. The van der Waals surface area contributed by atoms with Crippen LogP contribution in [0.2, 0.25) is 0 Å². The smallest absolute Gasteiger partial charge is 0.314 e. The summed E-state index contributed by atoms with van der Waals surface area (Å²) >= 11 is 0. The van der Waals surface area contributed by atoms with Crippen molar-refractivity contribution in [2.75, 3.05) is 6.61 Å². The summed E-state index contributed by atoms with van der Waals surface area (Å²) in [5.74, 6) is -0.843. The molecule has 13 heavy (non-hydrogen) atoms. The third-order valence-corrected chi connectivity index (χ3v) is 1.55. The molecule has 0 amide bonds. The highest BCUT2D eigenvalue weighted by Crippen LogP contribution is 2.04. The van der Waals surface area contributed by atoms with Gasteiger partial charge in [0.15, 0.2) is 0 Å². The Hall–Kier alpha value is -1.39. The van der Waals surface area contributed by atoms with Gasteiger partial charge < -0.3 is 9.47 Å². The average Bonchev–Trinajstić information content (AvgIpc) is 2.64. The third kappa shape index (κ3) is 3.68. The molecule has 5 heteroatoms. The molecule has 5 nitrogen and oxygen atoms in total. The van der Waals surface area contributed by atoms with Crippen LogP contribution in [0.25, 0.3) is 0 Å². The molecule has 2 rings (SSSR count). The van der Waals surface area contributed by atoms with Gasteiger partial charge in [0.1, 0.15) is 0 Å². The van der Waals surface area contributed by atoms with Crippen LogP contribution in [0.4, 0.5) is 0 Å². The molecular formula is C8H10O5. The SMILES string of the molecule is O=C1CCC(=O)O1.O=C1CCCO1. The zero-order valence-corrected chi connectivity index (χ0v) is 7.08. The van der Waals surface area contributed by atoms with Gasteiger partial charge in [-0.25, -0.2) is 0 Å². The number of esters is 3. The van der Waals surface area contributed by atoms with Crippen LogP contribution in [0.15, 0.2) is 0 Å². The fraction of sp³-hybridized carbons (Fsp3) is 0.625. The standard InChI is InChI=1S/C4H4O3.C4H6O2/c5-3-1-2-4(6)7-3;5-4-2-1-3-6-4/h1-2H2;1-3H2. The second kappa shape index (κ2) is 4.59. The molecular weight excluding hydrogens is 176 g/mol. The Balaban J connectivity index is 0.000000132. The molecule has 0 N–H and O–H groups in total. The lowest BCUT2D eigenvalue weighted by atomic mass is 10.4. The molecule has 0 aromatic heterocycles. The quantitative estimate of drug-likeness (QED) is 0.398. The van der Waals surface area contributed by atoms with Crippen molar-refractivity contribution in [2.24, 2.45) is 0 Å². The van der Waals surface area contributed by atoms with Gasteiger partial charge >= 0.3 is 17.9 Å². The first-order valence-electron chi connectivity index (χ1n) is 4.07. The maximum absolute atomic E-state index is 10.0. The Morgan fingerprint density at radius 3 is 1.62 bits per heavy atom. The number of hydrogen-bond acceptors (Lipinski definition) is 5. The van der Waals surface area contributed by atoms with Gasteiger partial charge in [0.2, 0.25) is 0 Å². The highest BCUT2D eigenvalue weighted by Gasteiger charge is 2.19. The first-order chi connectivity index (χ1) is 6.18. The lowest BCUT2D eigenvalue weighted by molar-refractivity contribution is -0.152. The van der Waals surface area contributed by atoms with Crippen LogP contribution < -0.4 is 0 Å². The van der Waals surface area contributed by atoms with E-state index < -0.39 is 11.9 Å². The molecule has 2 saturated heterocycles. The zero-order valence-electron chi connectivity index (χ0n) is 7.08. The van der Waals surface area contributed by atoms with Crippen molar-refractivity contribution >= 4 is 17.9 Å². The minimum atomic E-state index is -0.398. The summed E-state index contributed by atoms with van der Waals surface area (Å²) < 4.78 is 8.60. The van der Waals surface area contributed by atoms with Crippen molar-refractivity contribution in [3.05, 3.63) is 0 Å². The van der Waals surface area contributed by atoms with Gasteiger partial charge in [0.25, 0.3) is 0 Å². The monoisotopic (exact) mass is 186 g/mol. The lowest BCUT2D eigenvalue weighted by Gasteiger charge is -1.81. The fourth-order valence-corrected chi connectivity index (χ4v) is 0.908. The molecule has 0 bridgehead atoms. The number of ether oxygens (including phenoxy) is 2. The number of cyclic esters (lactones) is 3. The normalized spacial score (nSPS) is 20.5. The Morgan fingerprint density at radius 1 is 0.846 bits per heavy atom. The molecule has 0 unspecified atom stereocenters. The average molecular weight is 186 g/mol. The predicted molar refractivity (Wildman–Crippen MR) is 40.5 cm³/mol. The van der Waals surface area contributed by atoms with Gasteiger partial charge in [-0.05, 0) is 6.42 Å². The molecule has 0 radical (unpaired) electrons. The summed E-state index contributed by atoms with van der Waals surface area (Å²) in [6, 6.07) is 0. The maximum atomic E-state index is 10.0. The summed E-state index contributed by atoms with van der Waals surface area (Å²) in [5, 5.41) is 0. The van der Waals surface area contributed by atoms with Crippen molar-refractivity contribution in [2.45, 2.75) is 25.7 Å². The van der Waals surface area contributed by atoms with E-state index in [0.29, 0.717) is 13.0 Å². The molecule has 2 aliphatic rings. The van der Waals surface area contributed by atoms with Gasteiger partial charge in [-0.15, -0.1) is 0 Å². The predicted octanol–water partition coefficient (Wildman–Crippen LogP) is 0.173. The minimum absolute atomic E-state index is 0.0463. The maximum Gasteiger partial charge on any atom is 0.314 e. The fourth-order valence-electron chi connectivity index (χ4n) is 0.908. The van der Waals surface area contributed by atoms with Crippen LogP contribution in [0.5, 0.6) is 0 Å². The highest BCUT2D eigenvalue weighted by molar-refractivity contribution is 5.92. The van der Waals surface area contributed by atoms with Crippen LogP contribution in [0.3, 0.4) is 0 Å². The minimum Gasteiger partial charge on any atom is -0.466 e. The molecule has 72 valence electrons. The van der Waals surface area contributed by atoms with Gasteiger partial charge in [-0.3, -0.25) is 14.4 Å². The first kappa shape index (κ1) is 9.70. The first-order valence-corrected chi connectivity index (χ1v) is 4.07. The van der Waals surface area contributed by atoms with Crippen LogP contribution >= 0.6 is 0 Å². The van der Waals surface area contributed by atoms with E-state index in [1.165, 1.54) is 0 Å². The molecule has 0 aliphatic carbocycles. The van der Waals surface area contributed by atoms with E-state index in [4.69, 9.17) is 0 Å². The van der Waals surface area contributed by atoms with Crippen molar-refractivity contribution < 1.29 is 23.9 Å². The Kier molecular flexibility index (Phi) is 3.42. The molecule has 0 aromatic carbocycles. The number of carbonyl (C=O) groups excluding carboxylic acids is 3. The van der Waals surface area contributed by atoms with Gasteiger partial charge in [0, 0.05) is 6.42 Å². The summed E-state index contributed by atoms with van der Waals surface area (Å²) in [4.78, 5) is 30.0. The molecule has 2 aliphatic heterocycles. The van der Waals surface area contributed by atoms with Crippen molar-refractivity contribution in [1.82, 2.24) is 0 Å². The molecule has 0 saturated carbocycles. The van der Waals surface area contributed by atoms with E-state index in [1.807, 2.05) is 0 Å². The Labute approximate surface area is 75.0 Å². The largest absolute Gasteiger partial charge is 0.466 e. The zero-order chi connectivity index (χ0) is 9.68. The van der Waals surface area contributed by atoms with Crippen LogP contribution in [-0.2, 0) is 23.9 Å². The van der Waals surface area contributed by atoms with E-state index in [0.717, 1.165) is 6.42 Å². The third-order valence-electron chi connectivity index (χ3n) is 1.55. The topological polar surface area (TPSA) is 69.7 Å². The van der Waals surface area contributed by atoms with Crippen LogP contribution in [-0.4, -0.2) is 24.5 Å². The number of hydrogen-bond donors (Lipinski definition) is 0. The molecule has 0 aromatic rings. The Morgan fingerprint density at radius 2 is 1.46 bits per heavy atom. The highest BCUT2D eigenvalue weighted by atomic mass is 16.6. The molecule has 0 atom stereocenters. The lowest BCUT2D eigenvalue weighted by Crippen LogP contribution is -1.94. The molecule has 2 heterocycles. The number of carbonyl (C=O) groups is 3. The van der Waals surface area contributed by atoms with E-state index >= 15 is 0 Å². The second-order valence-electron chi connectivity index (χ2n) is 2.67. The molecule has 0 spiro atoms. The van der Waals surface area contributed by atoms with E-state index in [-0.39, 0.29) is 18.8 Å². The van der Waals surface area contributed by atoms with Gasteiger partial charge in [-0.1, -0.05) is 0 Å². The van der Waals surface area contributed by atoms with E-state index in [9.17, 15) is 14.4 Å². The van der Waals surface area contributed by atoms with Crippen LogP contribution in [0, 0.1) is 0 Å². The van der Waals surface area contributed by atoms with Crippen molar-refractivity contribution in [1.29, 1.82) is 0 Å². The van der Waals surface area contributed by atoms with Crippen LogP contribution in [0.1, 0.15) is 25.7 Å². The van der Waals surface area contributed by atoms with Gasteiger partial charge in [0.05, 0.1) is 19.4 Å². The van der Waals surface area contributed by atoms with Crippen molar-refractivity contribution in [3.8, 4) is 0 Å². The van der Waals surface area contributed by atoms with Crippen molar-refractivity contribution in [3.63, 3.8) is 0 Å². The summed E-state index contributed by atoms with van der Waals surface area (Å²) in [6.45, 7) is 0.638. The number of rotatable bonds is 0. The molecule has 2 fully saturated rings. The second-order valence-corrected chi connectivity index (χ2v) is 2.67. The van der Waals surface area contributed by atoms with Gasteiger partial charge in [-0.2, -0.15) is 0 Å². The van der Waals surface area contributed by atoms with E-state index in [1.54, 1.807) is 0 Å². The Bertz CT molecular complexity index is 211. The van der Waals surface area contributed by atoms with E-state index in [2.05, 4.69) is 9.47 Å².